The molecule has 1 atom stereocenters. The Balaban J connectivity index is 2.65. The van der Waals surface area contributed by atoms with Crippen LogP contribution in [0.1, 0.15) is 30.8 Å². The molecule has 0 aromatic carbocycles. The molecule has 0 spiro atoms. The summed E-state index contributed by atoms with van der Waals surface area (Å²) in [6.45, 7) is 5.14. The van der Waals surface area contributed by atoms with Gasteiger partial charge < -0.3 is 10.2 Å². The SMILES string of the molecule is CC(C)C[C@@H](CN(C)C)NC(=O)c1[nH]ncc1Br. The minimum absolute atomic E-state index is 0.119. The average molecular weight is 317 g/mol. The first kappa shape index (κ1) is 15.2. The topological polar surface area (TPSA) is 61.0 Å². The van der Waals surface area contributed by atoms with Crippen molar-refractivity contribution in [2.45, 2.75) is 26.3 Å². The van der Waals surface area contributed by atoms with Gasteiger partial charge in [-0.1, -0.05) is 13.8 Å². The van der Waals surface area contributed by atoms with Gasteiger partial charge in [0.15, 0.2) is 0 Å². The molecule has 1 heterocycles. The summed E-state index contributed by atoms with van der Waals surface area (Å²) in [5, 5.41) is 9.56. The third-order valence-corrected chi connectivity index (χ3v) is 3.10. The maximum atomic E-state index is 12.1. The van der Waals surface area contributed by atoms with Gasteiger partial charge in [0.2, 0.25) is 0 Å². The van der Waals surface area contributed by atoms with Crippen LogP contribution in [0.15, 0.2) is 10.7 Å². The van der Waals surface area contributed by atoms with Crippen LogP contribution in [0.3, 0.4) is 0 Å². The number of aromatic amines is 1. The monoisotopic (exact) mass is 316 g/mol. The summed E-state index contributed by atoms with van der Waals surface area (Å²) in [7, 11) is 4.01. The van der Waals surface area contributed by atoms with Crippen molar-refractivity contribution >= 4 is 21.8 Å². The molecule has 0 aliphatic rings. The third kappa shape index (κ3) is 4.78. The molecule has 0 unspecified atom stereocenters. The van der Waals surface area contributed by atoms with E-state index in [9.17, 15) is 4.79 Å². The highest BCUT2D eigenvalue weighted by atomic mass is 79.9. The van der Waals surface area contributed by atoms with E-state index in [0.29, 0.717) is 16.1 Å². The zero-order chi connectivity index (χ0) is 13.7. The number of H-pyrrole nitrogens is 1. The van der Waals surface area contributed by atoms with E-state index in [1.165, 1.54) is 0 Å². The average Bonchev–Trinajstić information content (AvgIpc) is 2.61. The number of rotatable bonds is 6. The predicted octanol–water partition coefficient (Wildman–Crippen LogP) is 1.88. The van der Waals surface area contributed by atoms with Gasteiger partial charge in [-0.05, 0) is 42.4 Å². The van der Waals surface area contributed by atoms with Gasteiger partial charge in [0.1, 0.15) is 5.69 Å². The second-order valence-electron chi connectivity index (χ2n) is 5.16. The van der Waals surface area contributed by atoms with Crippen molar-refractivity contribution < 1.29 is 4.79 Å². The molecule has 2 N–H and O–H groups in total. The van der Waals surface area contributed by atoms with Crippen LogP contribution in [0.4, 0.5) is 0 Å². The van der Waals surface area contributed by atoms with Crippen molar-refractivity contribution in [2.75, 3.05) is 20.6 Å². The first-order valence-electron chi connectivity index (χ1n) is 6.04. The molecule has 0 saturated carbocycles. The minimum atomic E-state index is -0.119. The van der Waals surface area contributed by atoms with E-state index in [-0.39, 0.29) is 11.9 Å². The van der Waals surface area contributed by atoms with Crippen LogP contribution >= 0.6 is 15.9 Å². The highest BCUT2D eigenvalue weighted by Crippen LogP contribution is 2.13. The van der Waals surface area contributed by atoms with Gasteiger partial charge in [-0.15, -0.1) is 0 Å². The lowest BCUT2D eigenvalue weighted by molar-refractivity contribution is 0.0918. The summed E-state index contributed by atoms with van der Waals surface area (Å²) >= 11 is 3.29. The molecule has 0 aliphatic heterocycles. The quantitative estimate of drug-likeness (QED) is 0.842. The van der Waals surface area contributed by atoms with E-state index in [4.69, 9.17) is 0 Å². The number of carbonyl (C=O) groups is 1. The number of halogens is 1. The summed E-state index contributed by atoms with van der Waals surface area (Å²) < 4.78 is 0.688. The van der Waals surface area contributed by atoms with E-state index in [1.807, 2.05) is 14.1 Å². The first-order chi connectivity index (χ1) is 8.40. The zero-order valence-corrected chi connectivity index (χ0v) is 12.9. The molecule has 1 amide bonds. The molecule has 18 heavy (non-hydrogen) atoms. The molecule has 6 heteroatoms. The number of nitrogens with zero attached hydrogens (tertiary/aromatic N) is 2. The number of hydrogen-bond donors (Lipinski definition) is 2. The van der Waals surface area contributed by atoms with Crippen LogP contribution in [0.25, 0.3) is 0 Å². The molecule has 0 aliphatic carbocycles. The Bertz CT molecular complexity index is 379. The molecule has 0 saturated heterocycles. The lowest BCUT2D eigenvalue weighted by atomic mass is 10.0. The van der Waals surface area contributed by atoms with Crippen LogP contribution in [0, 0.1) is 5.92 Å². The highest BCUT2D eigenvalue weighted by molar-refractivity contribution is 9.10. The minimum Gasteiger partial charge on any atom is -0.347 e. The van der Waals surface area contributed by atoms with E-state index >= 15 is 0 Å². The second-order valence-corrected chi connectivity index (χ2v) is 6.01. The van der Waals surface area contributed by atoms with Gasteiger partial charge >= 0.3 is 0 Å². The van der Waals surface area contributed by atoms with Crippen molar-refractivity contribution in [1.82, 2.24) is 20.4 Å². The summed E-state index contributed by atoms with van der Waals surface area (Å²) in [4.78, 5) is 14.1. The molecule has 0 radical (unpaired) electrons. The van der Waals surface area contributed by atoms with Gasteiger partial charge in [0, 0.05) is 12.6 Å². The summed E-state index contributed by atoms with van der Waals surface area (Å²) in [5.41, 5.74) is 0.475. The molecule has 5 nitrogen and oxygen atoms in total. The molecular weight excluding hydrogens is 296 g/mol. The van der Waals surface area contributed by atoms with Gasteiger partial charge in [0.05, 0.1) is 10.7 Å². The number of aromatic nitrogens is 2. The van der Waals surface area contributed by atoms with Crippen molar-refractivity contribution in [3.05, 3.63) is 16.4 Å². The Morgan fingerprint density at radius 2 is 2.22 bits per heavy atom. The number of likely N-dealkylation sites (N-methyl/N-ethyl adjacent to an activating group) is 1. The molecule has 1 aromatic rings. The molecular formula is C12H21BrN4O. The molecule has 102 valence electrons. The fraction of sp³-hybridized carbons (Fsp3) is 0.667. The molecule has 0 fully saturated rings. The largest absolute Gasteiger partial charge is 0.347 e. The van der Waals surface area contributed by atoms with Crippen LogP contribution < -0.4 is 5.32 Å². The number of nitrogens with one attached hydrogen (secondary N) is 2. The Kier molecular flexibility index (Phi) is 5.81. The summed E-state index contributed by atoms with van der Waals surface area (Å²) in [6, 6.07) is 0.141. The number of hydrogen-bond acceptors (Lipinski definition) is 3. The third-order valence-electron chi connectivity index (χ3n) is 2.50. The Labute approximate surface area is 116 Å². The Morgan fingerprint density at radius 3 is 2.67 bits per heavy atom. The van der Waals surface area contributed by atoms with Crippen molar-refractivity contribution in [3.8, 4) is 0 Å². The van der Waals surface area contributed by atoms with Crippen molar-refractivity contribution in [1.29, 1.82) is 0 Å². The molecule has 0 bridgehead atoms. The Hall–Kier alpha value is -0.880. The van der Waals surface area contributed by atoms with Crippen LogP contribution in [0.2, 0.25) is 0 Å². The Morgan fingerprint density at radius 1 is 1.56 bits per heavy atom. The van der Waals surface area contributed by atoms with Crippen LogP contribution in [-0.2, 0) is 0 Å². The van der Waals surface area contributed by atoms with Gasteiger partial charge in [-0.25, -0.2) is 0 Å². The maximum absolute atomic E-state index is 12.1. The fourth-order valence-corrected chi connectivity index (χ4v) is 2.25. The first-order valence-corrected chi connectivity index (χ1v) is 6.84. The standard InChI is InChI=1S/C12H21BrN4O/c1-8(2)5-9(7-17(3)4)15-12(18)11-10(13)6-14-16-11/h6,8-9H,5,7H2,1-4H3,(H,14,16)(H,15,18)/t9-/m0/s1. The summed E-state index contributed by atoms with van der Waals surface area (Å²) in [6.07, 6.45) is 2.54. The van der Waals surface area contributed by atoms with Crippen LogP contribution in [0.5, 0.6) is 0 Å². The van der Waals surface area contributed by atoms with Gasteiger partial charge in [0.25, 0.3) is 5.91 Å². The molecule has 1 rings (SSSR count). The maximum Gasteiger partial charge on any atom is 0.270 e. The van der Waals surface area contributed by atoms with Gasteiger partial charge in [-0.2, -0.15) is 5.10 Å². The normalized spacial score (nSPS) is 13.1. The number of amides is 1. The highest BCUT2D eigenvalue weighted by Gasteiger charge is 2.18. The van der Waals surface area contributed by atoms with E-state index in [1.54, 1.807) is 6.20 Å². The van der Waals surface area contributed by atoms with E-state index in [2.05, 4.69) is 50.2 Å². The van der Waals surface area contributed by atoms with Crippen LogP contribution in [-0.4, -0.2) is 47.7 Å². The zero-order valence-electron chi connectivity index (χ0n) is 11.3. The predicted molar refractivity (Wildman–Crippen MR) is 75.6 cm³/mol. The second kappa shape index (κ2) is 6.89. The lowest BCUT2D eigenvalue weighted by Crippen LogP contribution is -2.42. The lowest BCUT2D eigenvalue weighted by Gasteiger charge is -2.23. The molecule has 1 aromatic heterocycles. The smallest absolute Gasteiger partial charge is 0.270 e. The number of carbonyl (C=O) groups excluding carboxylic acids is 1. The van der Waals surface area contributed by atoms with E-state index < -0.39 is 0 Å². The fourth-order valence-electron chi connectivity index (χ4n) is 1.88. The van der Waals surface area contributed by atoms with Crippen molar-refractivity contribution in [3.63, 3.8) is 0 Å². The summed E-state index contributed by atoms with van der Waals surface area (Å²) in [5.74, 6) is 0.423. The van der Waals surface area contributed by atoms with Gasteiger partial charge in [-0.3, -0.25) is 9.89 Å². The van der Waals surface area contributed by atoms with E-state index in [0.717, 1.165) is 13.0 Å². The van der Waals surface area contributed by atoms with Crippen molar-refractivity contribution in [2.24, 2.45) is 5.92 Å².